The van der Waals surface area contributed by atoms with E-state index in [1.807, 2.05) is 76.7 Å². The van der Waals surface area contributed by atoms with Crippen molar-refractivity contribution in [2.24, 2.45) is 23.3 Å². The molecule has 27 heteroatoms. The average molecular weight is 1200 g/mol. The molecule has 0 saturated heterocycles. The van der Waals surface area contributed by atoms with Crippen molar-refractivity contribution in [1.29, 1.82) is 0 Å². The molecule has 4 heterocycles. The number of carbonyl (C=O) groups is 8. The number of methoxy groups -OCH3 is 1. The number of rotatable bonds is 18. The van der Waals surface area contributed by atoms with Crippen molar-refractivity contribution in [2.75, 3.05) is 48.4 Å². The van der Waals surface area contributed by atoms with E-state index < -0.39 is 35.1 Å². The number of hydrogen-bond acceptors (Lipinski definition) is 18. The second kappa shape index (κ2) is 33.7. The van der Waals surface area contributed by atoms with Gasteiger partial charge in [-0.2, -0.15) is 0 Å². The van der Waals surface area contributed by atoms with Crippen LogP contribution in [0, 0.1) is 16.2 Å². The first-order valence-corrected chi connectivity index (χ1v) is 27.0. The molecule has 5 aromatic rings. The molecule has 0 aliphatic carbocycles. The summed E-state index contributed by atoms with van der Waals surface area (Å²) in [5.74, 6) is -2.68. The van der Waals surface area contributed by atoms with Crippen LogP contribution in [0.4, 0.5) is 0 Å². The van der Waals surface area contributed by atoms with Crippen LogP contribution in [0.15, 0.2) is 91.5 Å². The summed E-state index contributed by atoms with van der Waals surface area (Å²) >= 11 is 0. The number of aromatic nitrogens is 4. The van der Waals surface area contributed by atoms with Gasteiger partial charge in [-0.05, 0) is 113 Å². The van der Waals surface area contributed by atoms with Gasteiger partial charge in [-0.15, -0.1) is 0 Å². The molecular weight excluding hydrogens is 1110 g/mol. The van der Waals surface area contributed by atoms with Crippen LogP contribution in [-0.4, -0.2) is 146 Å². The highest BCUT2D eigenvalue weighted by atomic mass is 16.5. The third-order valence-corrected chi connectivity index (χ3v) is 12.4. The van der Waals surface area contributed by atoms with Crippen LogP contribution >= 0.6 is 0 Å². The van der Waals surface area contributed by atoms with E-state index in [2.05, 4.69) is 57.0 Å². The molecule has 1 aromatic carbocycles. The standard InChI is InChI=1S/C17H26N2O3.C15H18N4O4.C15H24N4O3.C12H18N4O3/c1-16(2,3)13(18-15(21)17(4,5)6)11-7-9-12(10-8-11)14(20)19-22;1-9(17-14(21)12-5-4-6-19(12)2)11-7-10(13(20)18-22)8-16-15(11)23-3;1-15(2,3)13(17-12(20)9-19(4)5)11-7-6-10(8-16-11)14(21)18-22;1-8(14-11(17)7-16(2)3)10-5-4-9(6-13-10)12(18)15-19/h7-10,13,22H,1-6H3,(H,18,21)(H,19,20);4-9,22H,1-3H3,(H,17,21)(H,18,20);6-8,13,22H,9H2,1-5H3,(H,17,20)(H,18,21);4-6,8,19H,7H2,1-3H3,(H,14,17)(H,15,18)/t13-;9-;13-;8-/m1010/s1. The number of pyridine rings is 3. The van der Waals surface area contributed by atoms with Gasteiger partial charge in [0.2, 0.25) is 23.6 Å². The highest BCUT2D eigenvalue weighted by Gasteiger charge is 2.32. The van der Waals surface area contributed by atoms with Gasteiger partial charge in [0, 0.05) is 48.4 Å². The summed E-state index contributed by atoms with van der Waals surface area (Å²) < 4.78 is 6.87. The first kappa shape index (κ1) is 73.4. The quantitative estimate of drug-likeness (QED) is 0.0406. The van der Waals surface area contributed by atoms with Crippen molar-refractivity contribution in [3.8, 4) is 5.88 Å². The summed E-state index contributed by atoms with van der Waals surface area (Å²) in [5.41, 5.74) is 9.61. The molecule has 0 saturated carbocycles. The lowest BCUT2D eigenvalue weighted by molar-refractivity contribution is -0.130. The largest absolute Gasteiger partial charge is 0.481 e. The van der Waals surface area contributed by atoms with Crippen LogP contribution < -0.4 is 47.9 Å². The van der Waals surface area contributed by atoms with Crippen molar-refractivity contribution in [3.63, 3.8) is 0 Å². The van der Waals surface area contributed by atoms with E-state index in [4.69, 9.17) is 25.6 Å². The van der Waals surface area contributed by atoms with Crippen molar-refractivity contribution < 1.29 is 63.9 Å². The van der Waals surface area contributed by atoms with Crippen molar-refractivity contribution in [3.05, 3.63) is 142 Å². The summed E-state index contributed by atoms with van der Waals surface area (Å²) in [6, 6.07) is 17.1. The summed E-state index contributed by atoms with van der Waals surface area (Å²) in [4.78, 5) is 109. The molecule has 0 bridgehead atoms. The van der Waals surface area contributed by atoms with Crippen molar-refractivity contribution in [2.45, 2.75) is 100 Å². The van der Waals surface area contributed by atoms with Gasteiger partial charge in [-0.25, -0.2) is 26.9 Å². The van der Waals surface area contributed by atoms with Crippen LogP contribution in [0.5, 0.6) is 5.88 Å². The molecule has 0 aliphatic heterocycles. The van der Waals surface area contributed by atoms with Crippen molar-refractivity contribution >= 4 is 47.3 Å². The van der Waals surface area contributed by atoms with E-state index in [1.54, 1.807) is 106 Å². The first-order chi connectivity index (χ1) is 40.0. The fourth-order valence-corrected chi connectivity index (χ4v) is 7.73. The molecule has 0 fully saturated rings. The van der Waals surface area contributed by atoms with E-state index in [-0.39, 0.29) is 75.8 Å². The average Bonchev–Trinajstić information content (AvgIpc) is 3.72. The third kappa shape index (κ3) is 23.7. The van der Waals surface area contributed by atoms with Crippen LogP contribution in [-0.2, 0) is 21.4 Å². The molecule has 27 nitrogen and oxygen atoms in total. The number of ether oxygens (including phenoxy) is 1. The van der Waals surface area contributed by atoms with E-state index in [0.717, 1.165) is 5.56 Å². The summed E-state index contributed by atoms with van der Waals surface area (Å²) in [6.45, 7) is 21.9. The maximum Gasteiger partial charge on any atom is 0.276 e. The number of carbonyl (C=O) groups excluding carboxylic acids is 8. The predicted molar refractivity (Wildman–Crippen MR) is 318 cm³/mol. The number of benzene rings is 1. The van der Waals surface area contributed by atoms with Gasteiger partial charge in [0.1, 0.15) is 5.69 Å². The lowest BCUT2D eigenvalue weighted by Gasteiger charge is -2.34. The Hall–Kier alpha value is -8.73. The Balaban J connectivity index is 0.000000392. The topological polar surface area (TPSA) is 373 Å². The fourth-order valence-electron chi connectivity index (χ4n) is 7.73. The Bertz CT molecular complexity index is 3040. The number of nitrogens with zero attached hydrogens (tertiary/aromatic N) is 6. The van der Waals surface area contributed by atoms with E-state index >= 15 is 0 Å². The zero-order valence-corrected chi connectivity index (χ0v) is 52.0. The van der Waals surface area contributed by atoms with E-state index in [0.29, 0.717) is 40.6 Å². The Morgan fingerprint density at radius 2 is 0.977 bits per heavy atom. The van der Waals surface area contributed by atoms with Gasteiger partial charge in [-0.1, -0.05) is 74.4 Å². The monoisotopic (exact) mass is 1200 g/mol. The maximum absolute atomic E-state index is 12.3. The Morgan fingerprint density at radius 1 is 0.535 bits per heavy atom. The van der Waals surface area contributed by atoms with Gasteiger partial charge in [0.15, 0.2) is 0 Å². The molecule has 0 spiro atoms. The number of nitrogens with one attached hydrogen (secondary N) is 8. The predicted octanol–water partition coefficient (Wildman–Crippen LogP) is 5.00. The molecular formula is C59H86N14O13. The molecule has 0 aliphatic rings. The van der Waals surface area contributed by atoms with Gasteiger partial charge < -0.3 is 40.4 Å². The van der Waals surface area contributed by atoms with Gasteiger partial charge >= 0.3 is 0 Å². The molecule has 8 amide bonds. The molecule has 0 radical (unpaired) electrons. The van der Waals surface area contributed by atoms with Crippen molar-refractivity contribution in [1.82, 2.24) is 72.5 Å². The summed E-state index contributed by atoms with van der Waals surface area (Å²) in [6.07, 6.45) is 5.76. The minimum Gasteiger partial charge on any atom is -0.481 e. The summed E-state index contributed by atoms with van der Waals surface area (Å²) in [7, 11) is 10.5. The molecule has 470 valence electrons. The zero-order valence-electron chi connectivity index (χ0n) is 52.0. The second-order valence-corrected chi connectivity index (χ2v) is 23.5. The number of aryl methyl sites for hydroxylation is 1. The van der Waals surface area contributed by atoms with Crippen LogP contribution in [0.1, 0.15) is 175 Å². The van der Waals surface area contributed by atoms with Gasteiger partial charge in [0.25, 0.3) is 29.5 Å². The fraction of sp³-hybridized carbons (Fsp3) is 0.441. The molecule has 12 N–H and O–H groups in total. The lowest BCUT2D eigenvalue weighted by atomic mass is 9.81. The lowest BCUT2D eigenvalue weighted by Crippen LogP contribution is -2.42. The smallest absolute Gasteiger partial charge is 0.276 e. The maximum atomic E-state index is 12.3. The van der Waals surface area contributed by atoms with Crippen LogP contribution in [0.3, 0.4) is 0 Å². The molecule has 86 heavy (non-hydrogen) atoms. The summed E-state index contributed by atoms with van der Waals surface area (Å²) in [5, 5.41) is 46.1. The highest BCUT2D eigenvalue weighted by Crippen LogP contribution is 2.35. The molecule has 4 aromatic heterocycles. The SMILES string of the molecule is CC(C)(C)C(=O)N[C@H](c1ccc(C(=O)NO)cc1)C(C)(C)C.CN(C)CC(=O)N[C@H](c1ccc(C(=O)NO)cn1)C(C)(C)C.COc1ncc(C(=O)NO)cc1[C@H](C)NC(=O)c1cccn1C.C[C@H](NC(=O)CN(C)C)c1ccc(C(=O)NO)cn1. The van der Waals surface area contributed by atoms with E-state index in [1.165, 1.54) is 43.3 Å². The molecule has 0 unspecified atom stereocenters. The first-order valence-electron chi connectivity index (χ1n) is 27.0. The Labute approximate surface area is 501 Å². The minimum absolute atomic E-state index is 0.0235. The molecule has 4 atom stereocenters. The van der Waals surface area contributed by atoms with Crippen LogP contribution in [0.25, 0.3) is 0 Å². The van der Waals surface area contributed by atoms with Crippen LogP contribution in [0.2, 0.25) is 0 Å². The zero-order chi connectivity index (χ0) is 65.4. The number of amides is 8. The number of likely N-dealkylation sites (N-methyl/N-ethyl adjacent to an activating group) is 2. The normalized spacial score (nSPS) is 12.5. The second-order valence-electron chi connectivity index (χ2n) is 23.5. The van der Waals surface area contributed by atoms with Gasteiger partial charge in [0.05, 0.1) is 72.4 Å². The van der Waals surface area contributed by atoms with Gasteiger partial charge in [-0.3, -0.25) is 69.2 Å². The Kier molecular flexibility index (Phi) is 28.7. The Morgan fingerprint density at radius 3 is 1.38 bits per heavy atom. The highest BCUT2D eigenvalue weighted by molar-refractivity contribution is 5.95. The molecule has 5 rings (SSSR count). The minimum atomic E-state index is -0.692. The third-order valence-electron chi connectivity index (χ3n) is 12.4. The number of hydrogen-bond donors (Lipinski definition) is 12. The number of hydroxylamine groups is 4. The van der Waals surface area contributed by atoms with E-state index in [9.17, 15) is 38.4 Å².